The van der Waals surface area contributed by atoms with Crippen LogP contribution in [-0.2, 0) is 4.74 Å². The highest BCUT2D eigenvalue weighted by Gasteiger charge is 2.57. The largest absolute Gasteiger partial charge is 0.444 e. The van der Waals surface area contributed by atoms with Crippen molar-refractivity contribution < 1.29 is 9.53 Å². The highest BCUT2D eigenvalue weighted by Crippen LogP contribution is 2.46. The van der Waals surface area contributed by atoms with Crippen LogP contribution in [0.1, 0.15) is 20.8 Å². The fourth-order valence-electron chi connectivity index (χ4n) is 2.85. The summed E-state index contributed by atoms with van der Waals surface area (Å²) >= 11 is 5.74. The number of amides is 1. The second-order valence-electron chi connectivity index (χ2n) is 6.62. The fourth-order valence-corrected chi connectivity index (χ4v) is 2.95. The van der Waals surface area contributed by atoms with Gasteiger partial charge < -0.3 is 15.0 Å². The molecule has 114 valence electrons. The Morgan fingerprint density at radius 2 is 2.00 bits per heavy atom. The molecular weight excluding hydrogens is 292 g/mol. The van der Waals surface area contributed by atoms with E-state index in [1.807, 2.05) is 26.8 Å². The van der Waals surface area contributed by atoms with Crippen molar-refractivity contribution in [3.63, 3.8) is 0 Å². The Kier molecular flexibility index (Phi) is 3.43. The van der Waals surface area contributed by atoms with Gasteiger partial charge in [-0.3, -0.25) is 0 Å². The van der Waals surface area contributed by atoms with Crippen LogP contribution in [0.2, 0.25) is 5.15 Å². The first-order chi connectivity index (χ1) is 9.83. The Hall–Kier alpha value is -1.56. The maximum absolute atomic E-state index is 11.7. The molecule has 2 aliphatic rings. The molecular formula is C14H19ClN4O2. The van der Waals surface area contributed by atoms with Crippen molar-refractivity contribution >= 4 is 23.5 Å². The van der Waals surface area contributed by atoms with E-state index in [2.05, 4.69) is 20.4 Å². The summed E-state index contributed by atoms with van der Waals surface area (Å²) in [5.41, 5.74) is -0.459. The lowest BCUT2D eigenvalue weighted by molar-refractivity contribution is 0.0518. The van der Waals surface area contributed by atoms with Gasteiger partial charge in [-0.1, -0.05) is 11.6 Å². The number of aromatic nitrogens is 2. The van der Waals surface area contributed by atoms with Crippen molar-refractivity contribution in [2.75, 3.05) is 18.0 Å². The van der Waals surface area contributed by atoms with Crippen LogP contribution >= 0.6 is 11.6 Å². The quantitative estimate of drug-likeness (QED) is 0.906. The predicted octanol–water partition coefficient (Wildman–Crippen LogP) is 2.09. The SMILES string of the molecule is CC(C)(C)OC(=O)NC1[C@H]2CN(c3ccc(Cl)nn3)C[C@@H]12. The summed E-state index contributed by atoms with van der Waals surface area (Å²) in [4.78, 5) is 13.9. The third kappa shape index (κ3) is 3.20. The van der Waals surface area contributed by atoms with E-state index in [0.717, 1.165) is 18.9 Å². The molecule has 2 heterocycles. The van der Waals surface area contributed by atoms with E-state index in [9.17, 15) is 4.79 Å². The van der Waals surface area contributed by atoms with Crippen LogP contribution in [0.25, 0.3) is 0 Å². The predicted molar refractivity (Wildman–Crippen MR) is 79.4 cm³/mol. The Balaban J connectivity index is 1.50. The van der Waals surface area contributed by atoms with Crippen molar-refractivity contribution in [1.29, 1.82) is 0 Å². The molecule has 1 unspecified atom stereocenters. The van der Waals surface area contributed by atoms with Gasteiger partial charge in [-0.2, -0.15) is 0 Å². The number of halogens is 1. The van der Waals surface area contributed by atoms with Crippen LogP contribution in [0.15, 0.2) is 12.1 Å². The number of nitrogens with zero attached hydrogens (tertiary/aromatic N) is 3. The molecule has 1 aromatic rings. The highest BCUT2D eigenvalue weighted by atomic mass is 35.5. The number of carbonyl (C=O) groups excluding carboxylic acids is 1. The van der Waals surface area contributed by atoms with Gasteiger partial charge in [0.05, 0.1) is 0 Å². The fraction of sp³-hybridized carbons (Fsp3) is 0.643. The van der Waals surface area contributed by atoms with E-state index >= 15 is 0 Å². The number of piperidine rings is 1. The summed E-state index contributed by atoms with van der Waals surface area (Å²) < 4.78 is 5.28. The van der Waals surface area contributed by atoms with Crippen LogP contribution in [-0.4, -0.2) is 41.0 Å². The van der Waals surface area contributed by atoms with Crippen LogP contribution in [0.3, 0.4) is 0 Å². The Labute approximate surface area is 128 Å². The van der Waals surface area contributed by atoms with Gasteiger partial charge in [0.25, 0.3) is 0 Å². The molecule has 7 heteroatoms. The molecule has 3 rings (SSSR count). The van der Waals surface area contributed by atoms with Crippen LogP contribution in [0.5, 0.6) is 0 Å². The van der Waals surface area contributed by atoms with Gasteiger partial charge in [-0.15, -0.1) is 10.2 Å². The van der Waals surface area contributed by atoms with Crippen molar-refractivity contribution in [3.8, 4) is 0 Å². The molecule has 1 aromatic heterocycles. The minimum absolute atomic E-state index is 0.219. The molecule has 0 aromatic carbocycles. The molecule has 1 N–H and O–H groups in total. The van der Waals surface area contributed by atoms with Gasteiger partial charge in [0.1, 0.15) is 5.60 Å². The Morgan fingerprint density at radius 1 is 1.33 bits per heavy atom. The molecule has 2 fully saturated rings. The lowest BCUT2D eigenvalue weighted by atomic mass is 10.2. The lowest BCUT2D eigenvalue weighted by Crippen LogP contribution is -2.38. The Bertz CT molecular complexity index is 531. The van der Waals surface area contributed by atoms with E-state index in [1.54, 1.807) is 6.07 Å². The molecule has 1 amide bonds. The zero-order valence-electron chi connectivity index (χ0n) is 12.3. The molecule has 0 spiro atoms. The van der Waals surface area contributed by atoms with Crippen LogP contribution in [0.4, 0.5) is 10.6 Å². The monoisotopic (exact) mass is 310 g/mol. The van der Waals surface area contributed by atoms with E-state index in [1.165, 1.54) is 0 Å². The van der Waals surface area contributed by atoms with E-state index in [0.29, 0.717) is 17.0 Å². The average Bonchev–Trinajstić information content (AvgIpc) is 2.83. The minimum Gasteiger partial charge on any atom is -0.444 e. The maximum atomic E-state index is 11.7. The molecule has 1 saturated heterocycles. The standard InChI is InChI=1S/C14H19ClN4O2/c1-14(2,3)21-13(20)16-12-8-6-19(7-9(8)12)11-5-4-10(15)17-18-11/h4-5,8-9,12H,6-7H2,1-3H3,(H,16,20)/t8-,9+,12?. The van der Waals surface area contributed by atoms with Gasteiger partial charge >= 0.3 is 6.09 Å². The average molecular weight is 311 g/mol. The lowest BCUT2D eigenvalue weighted by Gasteiger charge is -2.22. The van der Waals surface area contributed by atoms with Gasteiger partial charge in [0, 0.05) is 31.0 Å². The zero-order chi connectivity index (χ0) is 15.2. The van der Waals surface area contributed by atoms with Gasteiger partial charge in [-0.05, 0) is 32.9 Å². The molecule has 6 nitrogen and oxygen atoms in total. The second-order valence-corrected chi connectivity index (χ2v) is 7.01. The number of anilines is 1. The summed E-state index contributed by atoms with van der Waals surface area (Å²) in [5.74, 6) is 1.77. The molecule has 1 aliphatic heterocycles. The molecule has 21 heavy (non-hydrogen) atoms. The summed E-state index contributed by atoms with van der Waals surface area (Å²) in [7, 11) is 0. The third-order valence-electron chi connectivity index (χ3n) is 3.82. The number of nitrogens with one attached hydrogen (secondary N) is 1. The van der Waals surface area contributed by atoms with Gasteiger partial charge in [0.2, 0.25) is 0 Å². The van der Waals surface area contributed by atoms with Gasteiger partial charge in [-0.25, -0.2) is 4.79 Å². The van der Waals surface area contributed by atoms with Crippen molar-refractivity contribution in [2.45, 2.75) is 32.4 Å². The second kappa shape index (κ2) is 5.02. The van der Waals surface area contributed by atoms with E-state index in [4.69, 9.17) is 16.3 Å². The maximum Gasteiger partial charge on any atom is 0.407 e. The summed E-state index contributed by atoms with van der Waals surface area (Å²) in [6, 6.07) is 3.83. The molecule has 0 radical (unpaired) electrons. The topological polar surface area (TPSA) is 67.3 Å². The Morgan fingerprint density at radius 3 is 2.52 bits per heavy atom. The number of fused-ring (bicyclic) bond motifs is 1. The first-order valence-electron chi connectivity index (χ1n) is 7.07. The summed E-state index contributed by atoms with van der Waals surface area (Å²) in [6.07, 6.45) is -0.334. The van der Waals surface area contributed by atoms with Gasteiger partial charge in [0.15, 0.2) is 11.0 Å². The zero-order valence-corrected chi connectivity index (χ0v) is 13.1. The van der Waals surface area contributed by atoms with E-state index in [-0.39, 0.29) is 12.1 Å². The number of ether oxygens (including phenoxy) is 1. The number of alkyl carbamates (subject to hydrolysis) is 1. The van der Waals surface area contributed by atoms with Crippen LogP contribution < -0.4 is 10.2 Å². The number of carbonyl (C=O) groups is 1. The first-order valence-corrected chi connectivity index (χ1v) is 7.45. The molecule has 1 aliphatic carbocycles. The number of hydrogen-bond acceptors (Lipinski definition) is 5. The highest BCUT2D eigenvalue weighted by molar-refractivity contribution is 6.29. The summed E-state index contributed by atoms with van der Waals surface area (Å²) in [6.45, 7) is 7.34. The first kappa shape index (κ1) is 14.4. The van der Waals surface area contributed by atoms with Crippen molar-refractivity contribution in [1.82, 2.24) is 15.5 Å². The smallest absolute Gasteiger partial charge is 0.407 e. The molecule has 3 atom stereocenters. The number of hydrogen-bond donors (Lipinski definition) is 1. The summed E-state index contributed by atoms with van der Waals surface area (Å²) in [5, 5.41) is 11.3. The third-order valence-corrected chi connectivity index (χ3v) is 4.02. The minimum atomic E-state index is -0.459. The normalized spacial score (nSPS) is 27.2. The number of rotatable bonds is 2. The van der Waals surface area contributed by atoms with Crippen LogP contribution in [0, 0.1) is 11.8 Å². The van der Waals surface area contributed by atoms with Crippen molar-refractivity contribution in [3.05, 3.63) is 17.3 Å². The molecule has 0 bridgehead atoms. The molecule has 1 saturated carbocycles. The van der Waals surface area contributed by atoms with E-state index < -0.39 is 5.60 Å². The van der Waals surface area contributed by atoms with Crippen molar-refractivity contribution in [2.24, 2.45) is 11.8 Å².